The zero-order valence-corrected chi connectivity index (χ0v) is 16.9. The summed E-state index contributed by atoms with van der Waals surface area (Å²) < 4.78 is 42.9. The van der Waals surface area contributed by atoms with Crippen molar-refractivity contribution in [3.8, 4) is 0 Å². The van der Waals surface area contributed by atoms with Gasteiger partial charge in [0.15, 0.2) is 0 Å². The highest BCUT2D eigenvalue weighted by atomic mass is 32.1. The molecule has 10 heteroatoms. The van der Waals surface area contributed by atoms with Crippen LogP contribution >= 0.6 is 11.3 Å². The minimum atomic E-state index is -5.15. The second-order valence-electron chi connectivity index (χ2n) is 6.19. The van der Waals surface area contributed by atoms with E-state index in [1.54, 1.807) is 30.4 Å². The van der Waals surface area contributed by atoms with E-state index < -0.39 is 24.0 Å². The molecule has 0 saturated heterocycles. The maximum atomic E-state index is 12.8. The molecule has 29 heavy (non-hydrogen) atoms. The summed E-state index contributed by atoms with van der Waals surface area (Å²) in [6.07, 6.45) is -5.15. The van der Waals surface area contributed by atoms with Gasteiger partial charge in [-0.3, -0.25) is 9.59 Å². The molecule has 0 aliphatic carbocycles. The van der Waals surface area contributed by atoms with Crippen molar-refractivity contribution in [3.63, 3.8) is 0 Å². The number of thiophene rings is 1. The Kier molecular flexibility index (Phi) is 6.68. The Labute approximate surface area is 169 Å². The molecular formula is C19H19F3N2O4S. The monoisotopic (exact) mass is 428 g/mol. The van der Waals surface area contributed by atoms with Gasteiger partial charge in [0.05, 0.1) is 12.2 Å². The predicted molar refractivity (Wildman–Crippen MR) is 104 cm³/mol. The van der Waals surface area contributed by atoms with E-state index in [0.29, 0.717) is 17.0 Å². The fraction of sp³-hybridized carbons (Fsp3) is 0.316. The van der Waals surface area contributed by atoms with Crippen molar-refractivity contribution in [2.24, 2.45) is 0 Å². The van der Waals surface area contributed by atoms with Crippen LogP contribution in [0.3, 0.4) is 0 Å². The molecule has 0 fully saturated rings. The molecule has 1 aromatic heterocycles. The Morgan fingerprint density at radius 3 is 2.28 bits per heavy atom. The van der Waals surface area contributed by atoms with Gasteiger partial charge >= 0.3 is 18.1 Å². The Hall–Kier alpha value is -2.88. The molecule has 0 aliphatic rings. The van der Waals surface area contributed by atoms with Crippen LogP contribution in [0.5, 0.6) is 0 Å². The maximum Gasteiger partial charge on any atom is 0.471 e. The Bertz CT molecular complexity index is 967. The second kappa shape index (κ2) is 8.64. The summed E-state index contributed by atoms with van der Waals surface area (Å²) >= 11 is 0.556. The van der Waals surface area contributed by atoms with Gasteiger partial charge < -0.3 is 15.4 Å². The molecule has 0 aliphatic heterocycles. The number of ether oxygens (including phenoxy) is 1. The van der Waals surface area contributed by atoms with Crippen molar-refractivity contribution >= 4 is 39.8 Å². The van der Waals surface area contributed by atoms with Gasteiger partial charge in [-0.1, -0.05) is 6.07 Å². The molecule has 156 valence electrons. The van der Waals surface area contributed by atoms with Gasteiger partial charge in [-0.25, -0.2) is 4.79 Å². The van der Waals surface area contributed by atoms with Gasteiger partial charge in [0.2, 0.25) is 0 Å². The summed E-state index contributed by atoms with van der Waals surface area (Å²) in [6, 6.07) is 5.12. The first-order valence-electron chi connectivity index (χ1n) is 8.53. The van der Waals surface area contributed by atoms with E-state index in [-0.39, 0.29) is 27.6 Å². The van der Waals surface area contributed by atoms with E-state index in [1.807, 2.05) is 13.8 Å². The highest BCUT2D eigenvalue weighted by Gasteiger charge is 2.40. The molecule has 0 spiro atoms. The van der Waals surface area contributed by atoms with Crippen LogP contribution in [0.15, 0.2) is 18.2 Å². The number of halogens is 3. The fourth-order valence-electron chi connectivity index (χ4n) is 2.45. The lowest BCUT2D eigenvalue weighted by atomic mass is 10.1. The number of benzene rings is 1. The van der Waals surface area contributed by atoms with Crippen molar-refractivity contribution in [3.05, 3.63) is 45.3 Å². The third kappa shape index (κ3) is 5.14. The molecule has 2 rings (SSSR count). The van der Waals surface area contributed by atoms with Crippen LogP contribution in [-0.4, -0.2) is 30.6 Å². The first kappa shape index (κ1) is 22.4. The van der Waals surface area contributed by atoms with Crippen LogP contribution < -0.4 is 10.6 Å². The summed E-state index contributed by atoms with van der Waals surface area (Å²) in [4.78, 5) is 36.2. The summed E-state index contributed by atoms with van der Waals surface area (Å²) in [5.41, 5.74) is 2.22. The Morgan fingerprint density at radius 1 is 1.07 bits per heavy atom. The molecule has 0 saturated carbocycles. The first-order chi connectivity index (χ1) is 13.5. The molecule has 0 atom stereocenters. The number of carbonyl (C=O) groups is 3. The number of anilines is 2. The smallest absolute Gasteiger partial charge is 0.462 e. The second-order valence-corrected chi connectivity index (χ2v) is 7.21. The number of rotatable bonds is 5. The lowest BCUT2D eigenvalue weighted by Crippen LogP contribution is -2.30. The average Bonchev–Trinajstić information content (AvgIpc) is 2.94. The fourth-order valence-corrected chi connectivity index (χ4v) is 3.55. The maximum absolute atomic E-state index is 12.8. The topological polar surface area (TPSA) is 84.5 Å². The average molecular weight is 428 g/mol. The summed E-state index contributed by atoms with van der Waals surface area (Å²) in [5.74, 6) is -3.79. The molecule has 2 aromatic rings. The van der Waals surface area contributed by atoms with Gasteiger partial charge in [-0.05, 0) is 56.5 Å². The van der Waals surface area contributed by atoms with Crippen molar-refractivity contribution < 1.29 is 32.3 Å². The third-order valence-electron chi connectivity index (χ3n) is 4.08. The standard InChI is InChI=1S/C19H19F3N2O4S/c1-5-28-17(26)14-11(4)13(16(29-14)24-18(27)19(20,21)22)15(25)23-12-7-6-9(2)10(3)8-12/h6-8H,5H2,1-4H3,(H,23,25)(H,24,27). The van der Waals surface area contributed by atoms with Crippen LogP contribution in [0, 0.1) is 20.8 Å². The number of aryl methyl sites for hydroxylation is 2. The van der Waals surface area contributed by atoms with E-state index in [4.69, 9.17) is 4.74 Å². The molecule has 2 N–H and O–H groups in total. The number of nitrogens with one attached hydrogen (secondary N) is 2. The first-order valence-corrected chi connectivity index (χ1v) is 9.34. The van der Waals surface area contributed by atoms with Gasteiger partial charge in [-0.15, -0.1) is 11.3 Å². The number of alkyl halides is 3. The highest BCUT2D eigenvalue weighted by Crippen LogP contribution is 2.35. The normalized spacial score (nSPS) is 11.1. The zero-order valence-electron chi connectivity index (χ0n) is 16.1. The molecule has 1 heterocycles. The summed E-state index contributed by atoms with van der Waals surface area (Å²) in [5, 5.41) is 3.89. The van der Waals surface area contributed by atoms with Gasteiger partial charge in [0, 0.05) is 5.69 Å². The molecule has 1 aromatic carbocycles. The van der Waals surface area contributed by atoms with Crippen molar-refractivity contribution in [1.82, 2.24) is 0 Å². The van der Waals surface area contributed by atoms with Gasteiger partial charge in [0.1, 0.15) is 9.88 Å². The highest BCUT2D eigenvalue weighted by molar-refractivity contribution is 7.18. The van der Waals surface area contributed by atoms with Gasteiger partial charge in [0.25, 0.3) is 5.91 Å². The van der Waals surface area contributed by atoms with Gasteiger partial charge in [-0.2, -0.15) is 13.2 Å². The number of hydrogen-bond acceptors (Lipinski definition) is 5. The molecular weight excluding hydrogens is 409 g/mol. The van der Waals surface area contributed by atoms with E-state index in [0.717, 1.165) is 11.1 Å². The largest absolute Gasteiger partial charge is 0.471 e. The summed E-state index contributed by atoms with van der Waals surface area (Å²) in [7, 11) is 0. The van der Waals surface area contributed by atoms with Crippen LogP contribution in [0.2, 0.25) is 0 Å². The zero-order chi connectivity index (χ0) is 21.9. The van der Waals surface area contributed by atoms with Crippen LogP contribution in [-0.2, 0) is 9.53 Å². The molecule has 0 radical (unpaired) electrons. The lowest BCUT2D eigenvalue weighted by molar-refractivity contribution is -0.167. The Balaban J connectivity index is 2.45. The Morgan fingerprint density at radius 2 is 1.72 bits per heavy atom. The molecule has 0 unspecified atom stereocenters. The van der Waals surface area contributed by atoms with Crippen molar-refractivity contribution in [2.75, 3.05) is 17.2 Å². The minimum Gasteiger partial charge on any atom is -0.462 e. The van der Waals surface area contributed by atoms with Crippen LogP contribution in [0.4, 0.5) is 23.9 Å². The van der Waals surface area contributed by atoms with Crippen molar-refractivity contribution in [2.45, 2.75) is 33.9 Å². The summed E-state index contributed by atoms with van der Waals surface area (Å²) in [6.45, 7) is 6.75. The predicted octanol–water partition coefficient (Wildman–Crippen LogP) is 4.60. The van der Waals surface area contributed by atoms with E-state index >= 15 is 0 Å². The SMILES string of the molecule is CCOC(=O)c1sc(NC(=O)C(F)(F)F)c(C(=O)Nc2ccc(C)c(C)c2)c1C. The molecule has 0 bridgehead atoms. The third-order valence-corrected chi connectivity index (χ3v) is 5.27. The van der Waals surface area contributed by atoms with Crippen molar-refractivity contribution in [1.29, 1.82) is 0 Å². The molecule has 6 nitrogen and oxygen atoms in total. The van der Waals surface area contributed by atoms with Crippen LogP contribution in [0.1, 0.15) is 43.6 Å². The quantitative estimate of drug-likeness (QED) is 0.682. The number of hydrogen-bond donors (Lipinski definition) is 2. The number of amides is 2. The number of carbonyl (C=O) groups excluding carboxylic acids is 3. The van der Waals surface area contributed by atoms with Crippen LogP contribution in [0.25, 0.3) is 0 Å². The van der Waals surface area contributed by atoms with E-state index in [9.17, 15) is 27.6 Å². The minimum absolute atomic E-state index is 0.0462. The number of esters is 1. The lowest BCUT2D eigenvalue weighted by Gasteiger charge is -2.11. The van der Waals surface area contributed by atoms with E-state index in [1.165, 1.54) is 6.92 Å². The van der Waals surface area contributed by atoms with E-state index in [2.05, 4.69) is 5.32 Å². The molecule has 2 amide bonds.